The van der Waals surface area contributed by atoms with Crippen LogP contribution in [0.15, 0.2) is 30.3 Å². The first-order chi connectivity index (χ1) is 13.5. The molecule has 0 aliphatic rings. The molecule has 1 amide bonds. The normalized spacial score (nSPS) is 11.6. The molecular formula is C21H31NO6. The number of benzene rings is 1. The highest BCUT2D eigenvalue weighted by atomic mass is 16.5. The summed E-state index contributed by atoms with van der Waals surface area (Å²) in [7, 11) is 0. The maximum absolute atomic E-state index is 12.4. The van der Waals surface area contributed by atoms with Gasteiger partial charge in [0.1, 0.15) is 6.04 Å². The van der Waals surface area contributed by atoms with E-state index in [0.717, 1.165) is 12.0 Å². The highest BCUT2D eigenvalue weighted by molar-refractivity contribution is 5.84. The van der Waals surface area contributed by atoms with E-state index in [1.807, 2.05) is 30.3 Å². The number of carboxylic acid groups (broad SMARTS) is 1. The molecule has 156 valence electrons. The van der Waals surface area contributed by atoms with Crippen molar-refractivity contribution >= 4 is 17.8 Å². The number of rotatable bonds is 15. The number of carbonyl (C=O) groups excluding carboxylic acids is 2. The Kier molecular flexibility index (Phi) is 12.3. The fraction of sp³-hybridized carbons (Fsp3) is 0.571. The van der Waals surface area contributed by atoms with E-state index in [1.165, 1.54) is 0 Å². The second-order valence-corrected chi connectivity index (χ2v) is 6.72. The van der Waals surface area contributed by atoms with Crippen LogP contribution in [-0.2, 0) is 25.5 Å². The molecule has 1 aromatic carbocycles. The zero-order valence-corrected chi connectivity index (χ0v) is 16.3. The Balaban J connectivity index is 2.48. The number of amides is 1. The van der Waals surface area contributed by atoms with Gasteiger partial charge in [-0.15, -0.1) is 0 Å². The summed E-state index contributed by atoms with van der Waals surface area (Å²) >= 11 is 0. The summed E-state index contributed by atoms with van der Waals surface area (Å²) in [6, 6.07) is 8.65. The SMILES string of the molecule is O=C(O)CCCCCOC(=O)C(Cc1ccccc1)NC(=O)CCCCCO. The van der Waals surface area contributed by atoms with E-state index < -0.39 is 18.0 Å². The third kappa shape index (κ3) is 11.3. The summed E-state index contributed by atoms with van der Waals surface area (Å²) < 4.78 is 5.29. The van der Waals surface area contributed by atoms with Gasteiger partial charge in [0.05, 0.1) is 6.61 Å². The average Bonchev–Trinajstić information content (AvgIpc) is 2.68. The zero-order valence-electron chi connectivity index (χ0n) is 16.3. The molecule has 0 radical (unpaired) electrons. The van der Waals surface area contributed by atoms with Crippen LogP contribution in [0.2, 0.25) is 0 Å². The van der Waals surface area contributed by atoms with E-state index in [9.17, 15) is 14.4 Å². The lowest BCUT2D eigenvalue weighted by molar-refractivity contribution is -0.148. The number of aliphatic hydroxyl groups excluding tert-OH is 1. The lowest BCUT2D eigenvalue weighted by atomic mass is 10.1. The molecule has 3 N–H and O–H groups in total. The molecule has 1 unspecified atom stereocenters. The van der Waals surface area contributed by atoms with Gasteiger partial charge in [-0.25, -0.2) is 4.79 Å². The van der Waals surface area contributed by atoms with Crippen LogP contribution < -0.4 is 5.32 Å². The van der Waals surface area contributed by atoms with Crippen molar-refractivity contribution in [3.05, 3.63) is 35.9 Å². The van der Waals surface area contributed by atoms with Crippen LogP contribution in [0.5, 0.6) is 0 Å². The number of carbonyl (C=O) groups is 3. The third-order valence-corrected chi connectivity index (χ3v) is 4.24. The molecule has 7 heteroatoms. The van der Waals surface area contributed by atoms with Crippen LogP contribution in [0.25, 0.3) is 0 Å². The van der Waals surface area contributed by atoms with Gasteiger partial charge in [0.15, 0.2) is 0 Å². The van der Waals surface area contributed by atoms with Gasteiger partial charge in [0.2, 0.25) is 5.91 Å². The van der Waals surface area contributed by atoms with Gasteiger partial charge < -0.3 is 20.3 Å². The van der Waals surface area contributed by atoms with Crippen LogP contribution in [0, 0.1) is 0 Å². The Morgan fingerprint density at radius 3 is 2.29 bits per heavy atom. The Bertz CT molecular complexity index is 590. The number of carboxylic acids is 1. The minimum Gasteiger partial charge on any atom is -0.481 e. The molecule has 0 bridgehead atoms. The van der Waals surface area contributed by atoms with Crippen molar-refractivity contribution in [3.63, 3.8) is 0 Å². The largest absolute Gasteiger partial charge is 0.481 e. The Hall–Kier alpha value is -2.41. The molecule has 0 aliphatic heterocycles. The van der Waals surface area contributed by atoms with E-state index in [1.54, 1.807) is 0 Å². The number of hydrogen-bond donors (Lipinski definition) is 3. The lowest BCUT2D eigenvalue weighted by Crippen LogP contribution is -2.43. The van der Waals surface area contributed by atoms with E-state index in [0.29, 0.717) is 44.9 Å². The topological polar surface area (TPSA) is 113 Å². The van der Waals surface area contributed by atoms with Crippen LogP contribution in [0.3, 0.4) is 0 Å². The first kappa shape index (κ1) is 23.6. The molecule has 28 heavy (non-hydrogen) atoms. The van der Waals surface area contributed by atoms with Gasteiger partial charge >= 0.3 is 11.9 Å². The van der Waals surface area contributed by atoms with E-state index in [-0.39, 0.29) is 25.5 Å². The molecular weight excluding hydrogens is 362 g/mol. The summed E-state index contributed by atoms with van der Waals surface area (Å²) in [5, 5.41) is 20.2. The molecule has 1 atom stereocenters. The third-order valence-electron chi connectivity index (χ3n) is 4.24. The number of esters is 1. The van der Waals surface area contributed by atoms with Crippen LogP contribution >= 0.6 is 0 Å². The van der Waals surface area contributed by atoms with Gasteiger partial charge in [-0.1, -0.05) is 36.8 Å². The number of aliphatic hydroxyl groups is 1. The van der Waals surface area contributed by atoms with Gasteiger partial charge in [-0.2, -0.15) is 0 Å². The van der Waals surface area contributed by atoms with Gasteiger partial charge in [-0.3, -0.25) is 9.59 Å². The number of ether oxygens (including phenoxy) is 1. The second-order valence-electron chi connectivity index (χ2n) is 6.72. The standard InChI is InChI=1S/C21H31NO6/c23-14-8-2-6-12-19(24)22-18(16-17-10-4-1-5-11-17)21(27)28-15-9-3-7-13-20(25)26/h1,4-5,10-11,18,23H,2-3,6-9,12-16H2,(H,22,24)(H,25,26). The van der Waals surface area contributed by atoms with Crippen LogP contribution in [-0.4, -0.2) is 47.3 Å². The molecule has 0 fully saturated rings. The molecule has 1 rings (SSSR count). The van der Waals surface area contributed by atoms with Gasteiger partial charge in [0.25, 0.3) is 0 Å². The molecule has 0 saturated carbocycles. The molecule has 0 aromatic heterocycles. The number of nitrogens with one attached hydrogen (secondary N) is 1. The van der Waals surface area contributed by atoms with Crippen molar-refractivity contribution in [2.45, 2.75) is 63.8 Å². The monoisotopic (exact) mass is 393 g/mol. The molecule has 0 spiro atoms. The van der Waals surface area contributed by atoms with E-state index >= 15 is 0 Å². The number of aliphatic carboxylic acids is 1. The highest BCUT2D eigenvalue weighted by Crippen LogP contribution is 2.07. The fourth-order valence-corrected chi connectivity index (χ4v) is 2.71. The predicted octanol–water partition coefficient (Wildman–Crippen LogP) is 2.45. The second kappa shape index (κ2) is 14.6. The molecule has 1 aromatic rings. The zero-order chi connectivity index (χ0) is 20.6. The number of unbranched alkanes of at least 4 members (excludes halogenated alkanes) is 4. The Morgan fingerprint density at radius 1 is 0.929 bits per heavy atom. The van der Waals surface area contributed by atoms with Crippen LogP contribution in [0.4, 0.5) is 0 Å². The fourth-order valence-electron chi connectivity index (χ4n) is 2.71. The van der Waals surface area contributed by atoms with Crippen molar-refractivity contribution in [1.29, 1.82) is 0 Å². The van der Waals surface area contributed by atoms with Crippen molar-refractivity contribution in [2.24, 2.45) is 0 Å². The van der Waals surface area contributed by atoms with Gasteiger partial charge in [0, 0.05) is 25.9 Å². The van der Waals surface area contributed by atoms with Crippen LogP contribution in [0.1, 0.15) is 56.9 Å². The molecule has 0 aliphatic carbocycles. The highest BCUT2D eigenvalue weighted by Gasteiger charge is 2.22. The lowest BCUT2D eigenvalue weighted by Gasteiger charge is -2.18. The Morgan fingerprint density at radius 2 is 1.61 bits per heavy atom. The maximum atomic E-state index is 12.4. The summed E-state index contributed by atoms with van der Waals surface area (Å²) in [6.45, 7) is 0.313. The predicted molar refractivity (Wildman–Crippen MR) is 105 cm³/mol. The molecule has 7 nitrogen and oxygen atoms in total. The summed E-state index contributed by atoms with van der Waals surface area (Å²) in [5.74, 6) is -1.52. The van der Waals surface area contributed by atoms with E-state index in [2.05, 4.69) is 5.32 Å². The number of hydrogen-bond acceptors (Lipinski definition) is 5. The summed E-state index contributed by atoms with van der Waals surface area (Å²) in [6.07, 6.45) is 4.63. The van der Waals surface area contributed by atoms with Gasteiger partial charge in [-0.05, 0) is 37.7 Å². The quantitative estimate of drug-likeness (QED) is 0.312. The smallest absolute Gasteiger partial charge is 0.328 e. The summed E-state index contributed by atoms with van der Waals surface area (Å²) in [4.78, 5) is 35.1. The van der Waals surface area contributed by atoms with Crippen molar-refractivity contribution < 1.29 is 29.3 Å². The van der Waals surface area contributed by atoms with Crippen molar-refractivity contribution in [3.8, 4) is 0 Å². The first-order valence-corrected chi connectivity index (χ1v) is 9.85. The minimum absolute atomic E-state index is 0.108. The molecule has 0 saturated heterocycles. The Labute approximate surface area is 166 Å². The van der Waals surface area contributed by atoms with Crippen molar-refractivity contribution in [1.82, 2.24) is 5.32 Å². The summed E-state index contributed by atoms with van der Waals surface area (Å²) in [5.41, 5.74) is 0.923. The minimum atomic E-state index is -0.832. The first-order valence-electron chi connectivity index (χ1n) is 9.85. The molecule has 0 heterocycles. The maximum Gasteiger partial charge on any atom is 0.328 e. The average molecular weight is 393 g/mol. The van der Waals surface area contributed by atoms with E-state index in [4.69, 9.17) is 14.9 Å². The van der Waals surface area contributed by atoms with Crippen molar-refractivity contribution in [2.75, 3.05) is 13.2 Å².